The predicted molar refractivity (Wildman–Crippen MR) is 110 cm³/mol. The number of hydrogen-bond donors (Lipinski definition) is 1. The molecule has 7 heteroatoms. The number of benzene rings is 2. The van der Waals surface area contributed by atoms with Crippen molar-refractivity contribution in [1.82, 2.24) is 15.0 Å². The van der Waals surface area contributed by atoms with Gasteiger partial charge in [-0.05, 0) is 30.7 Å². The maximum Gasteiger partial charge on any atom is 0.317 e. The quantitative estimate of drug-likeness (QED) is 0.527. The molecule has 0 spiro atoms. The summed E-state index contributed by atoms with van der Waals surface area (Å²) in [5.74, 6) is -0.135. The van der Waals surface area contributed by atoms with Crippen molar-refractivity contribution in [2.75, 3.05) is 5.32 Å². The van der Waals surface area contributed by atoms with E-state index in [0.717, 1.165) is 27.0 Å². The number of carbonyl (C=O) groups excluding carboxylic acids is 1. The zero-order valence-electron chi connectivity index (χ0n) is 15.4. The van der Waals surface area contributed by atoms with Gasteiger partial charge in [-0.3, -0.25) is 4.79 Å². The highest BCUT2D eigenvalue weighted by Crippen LogP contribution is 2.30. The van der Waals surface area contributed by atoms with Crippen molar-refractivity contribution in [2.45, 2.75) is 20.0 Å². The number of nitrogens with zero attached hydrogens (tertiary/aromatic N) is 3. The molecule has 1 N–H and O–H groups in total. The van der Waals surface area contributed by atoms with Gasteiger partial charge < -0.3 is 10.1 Å². The lowest BCUT2D eigenvalue weighted by atomic mass is 10.1. The first-order valence-corrected chi connectivity index (χ1v) is 9.63. The number of rotatable bonds is 5. The molecule has 6 nitrogen and oxygen atoms in total. The summed E-state index contributed by atoms with van der Waals surface area (Å²) in [7, 11) is 0. The standard InChI is InChI=1S/C21H18N4O2S/c1-13(15-6-4-3-5-7-15)27-20-22-11-10-17(24-20)16-8-9-18-19(12-16)28-21(25-18)23-14(2)26/h3-13H,1-2H3,(H,23,25,26)/t13-/m1/s1. The molecular formula is C21H18N4O2S. The van der Waals surface area contributed by atoms with E-state index < -0.39 is 0 Å². The minimum Gasteiger partial charge on any atom is -0.456 e. The zero-order chi connectivity index (χ0) is 19.5. The van der Waals surface area contributed by atoms with E-state index in [1.54, 1.807) is 6.20 Å². The van der Waals surface area contributed by atoms with Gasteiger partial charge in [0.15, 0.2) is 5.13 Å². The Kier molecular flexibility index (Phi) is 4.99. The summed E-state index contributed by atoms with van der Waals surface area (Å²) in [6, 6.07) is 18.0. The molecule has 0 aliphatic rings. The minimum atomic E-state index is -0.152. The molecule has 0 aliphatic carbocycles. The Balaban J connectivity index is 1.59. The zero-order valence-corrected chi connectivity index (χ0v) is 16.2. The summed E-state index contributed by atoms with van der Waals surface area (Å²) in [6.07, 6.45) is 1.54. The number of aromatic nitrogens is 3. The summed E-state index contributed by atoms with van der Waals surface area (Å²) in [4.78, 5) is 24.4. The average molecular weight is 390 g/mol. The maximum absolute atomic E-state index is 11.2. The molecule has 0 unspecified atom stereocenters. The van der Waals surface area contributed by atoms with Crippen LogP contribution in [0.15, 0.2) is 60.8 Å². The van der Waals surface area contributed by atoms with Gasteiger partial charge in [0, 0.05) is 18.7 Å². The highest BCUT2D eigenvalue weighted by atomic mass is 32.1. The Morgan fingerprint density at radius 3 is 2.71 bits per heavy atom. The van der Waals surface area contributed by atoms with Crippen LogP contribution in [0.4, 0.5) is 5.13 Å². The number of carbonyl (C=O) groups is 1. The highest BCUT2D eigenvalue weighted by Gasteiger charge is 2.11. The van der Waals surface area contributed by atoms with E-state index in [0.29, 0.717) is 11.1 Å². The number of amides is 1. The molecule has 2 aromatic heterocycles. The van der Waals surface area contributed by atoms with E-state index >= 15 is 0 Å². The number of hydrogen-bond acceptors (Lipinski definition) is 6. The van der Waals surface area contributed by atoms with Crippen molar-refractivity contribution in [3.8, 4) is 17.3 Å². The second-order valence-corrected chi connectivity index (χ2v) is 7.31. The Labute approximate surface area is 166 Å². The van der Waals surface area contributed by atoms with Crippen molar-refractivity contribution < 1.29 is 9.53 Å². The van der Waals surface area contributed by atoms with E-state index in [1.165, 1.54) is 18.3 Å². The van der Waals surface area contributed by atoms with Gasteiger partial charge in [-0.25, -0.2) is 9.97 Å². The normalized spacial score (nSPS) is 11.9. The van der Waals surface area contributed by atoms with Gasteiger partial charge in [-0.1, -0.05) is 47.7 Å². The Morgan fingerprint density at radius 2 is 1.93 bits per heavy atom. The first-order valence-electron chi connectivity index (χ1n) is 8.82. The van der Waals surface area contributed by atoms with Gasteiger partial charge in [0.25, 0.3) is 0 Å². The van der Waals surface area contributed by atoms with Gasteiger partial charge in [0.1, 0.15) is 6.10 Å². The lowest BCUT2D eigenvalue weighted by Crippen LogP contribution is -2.05. The molecule has 0 aliphatic heterocycles. The molecule has 4 rings (SSSR count). The molecule has 1 amide bonds. The van der Waals surface area contributed by atoms with Crippen molar-refractivity contribution in [3.63, 3.8) is 0 Å². The maximum atomic E-state index is 11.2. The molecular weight excluding hydrogens is 372 g/mol. The minimum absolute atomic E-state index is 0.135. The van der Waals surface area contributed by atoms with Crippen LogP contribution in [0.2, 0.25) is 0 Å². The van der Waals surface area contributed by atoms with E-state index in [2.05, 4.69) is 20.3 Å². The molecule has 1 atom stereocenters. The van der Waals surface area contributed by atoms with Gasteiger partial charge >= 0.3 is 6.01 Å². The van der Waals surface area contributed by atoms with Gasteiger partial charge in [0.2, 0.25) is 5.91 Å². The molecule has 0 saturated heterocycles. The third kappa shape index (κ3) is 3.99. The molecule has 2 aromatic carbocycles. The summed E-state index contributed by atoms with van der Waals surface area (Å²) < 4.78 is 6.89. The van der Waals surface area contributed by atoms with Gasteiger partial charge in [0.05, 0.1) is 15.9 Å². The molecule has 28 heavy (non-hydrogen) atoms. The summed E-state index contributed by atoms with van der Waals surface area (Å²) in [5, 5.41) is 3.31. The average Bonchev–Trinajstić information content (AvgIpc) is 3.09. The second kappa shape index (κ2) is 7.74. The van der Waals surface area contributed by atoms with Crippen LogP contribution < -0.4 is 10.1 Å². The molecule has 140 valence electrons. The van der Waals surface area contributed by atoms with Crippen LogP contribution in [0.25, 0.3) is 21.5 Å². The van der Waals surface area contributed by atoms with E-state index in [-0.39, 0.29) is 12.0 Å². The second-order valence-electron chi connectivity index (χ2n) is 6.28. The van der Waals surface area contributed by atoms with E-state index in [4.69, 9.17) is 4.74 Å². The van der Waals surface area contributed by atoms with E-state index in [1.807, 2.05) is 61.5 Å². The number of anilines is 1. The molecule has 2 heterocycles. The number of fused-ring (bicyclic) bond motifs is 1. The smallest absolute Gasteiger partial charge is 0.317 e. The summed E-state index contributed by atoms with van der Waals surface area (Å²) in [6.45, 7) is 3.44. The van der Waals surface area contributed by atoms with Crippen LogP contribution in [0.1, 0.15) is 25.5 Å². The topological polar surface area (TPSA) is 77.0 Å². The van der Waals surface area contributed by atoms with Crippen LogP contribution in [-0.2, 0) is 4.79 Å². The number of ether oxygens (including phenoxy) is 1. The SMILES string of the molecule is CC(=O)Nc1nc2ccc(-c3ccnc(O[C@H](C)c4ccccc4)n3)cc2s1. The lowest BCUT2D eigenvalue weighted by Gasteiger charge is -2.13. The van der Waals surface area contributed by atoms with Crippen molar-refractivity contribution in [1.29, 1.82) is 0 Å². The van der Waals surface area contributed by atoms with Crippen LogP contribution in [0.3, 0.4) is 0 Å². The molecule has 0 bridgehead atoms. The Hall–Kier alpha value is -3.32. The highest BCUT2D eigenvalue weighted by molar-refractivity contribution is 7.22. The Bertz CT molecular complexity index is 1130. The van der Waals surface area contributed by atoms with Crippen LogP contribution >= 0.6 is 11.3 Å². The fourth-order valence-electron chi connectivity index (χ4n) is 2.80. The summed E-state index contributed by atoms with van der Waals surface area (Å²) >= 11 is 1.43. The third-order valence-corrected chi connectivity index (χ3v) is 5.09. The molecule has 0 radical (unpaired) electrons. The third-order valence-electron chi connectivity index (χ3n) is 4.15. The molecule has 4 aromatic rings. The van der Waals surface area contributed by atoms with Gasteiger partial charge in [-0.15, -0.1) is 0 Å². The fraction of sp³-hybridized carbons (Fsp3) is 0.143. The summed E-state index contributed by atoms with van der Waals surface area (Å²) in [5.41, 5.74) is 3.60. The fourth-order valence-corrected chi connectivity index (χ4v) is 3.75. The lowest BCUT2D eigenvalue weighted by molar-refractivity contribution is -0.114. The van der Waals surface area contributed by atoms with Crippen molar-refractivity contribution >= 4 is 32.6 Å². The van der Waals surface area contributed by atoms with Crippen LogP contribution in [0, 0.1) is 0 Å². The largest absolute Gasteiger partial charge is 0.456 e. The Morgan fingerprint density at radius 1 is 1.11 bits per heavy atom. The first-order chi connectivity index (χ1) is 13.6. The van der Waals surface area contributed by atoms with Gasteiger partial charge in [-0.2, -0.15) is 4.98 Å². The van der Waals surface area contributed by atoms with Crippen molar-refractivity contribution in [2.24, 2.45) is 0 Å². The number of nitrogens with one attached hydrogen (secondary N) is 1. The monoisotopic (exact) mass is 390 g/mol. The molecule has 0 fully saturated rings. The predicted octanol–water partition coefficient (Wildman–Crippen LogP) is 4.85. The molecule has 0 saturated carbocycles. The van der Waals surface area contributed by atoms with E-state index in [9.17, 15) is 4.79 Å². The van der Waals surface area contributed by atoms with Crippen molar-refractivity contribution in [3.05, 3.63) is 66.4 Å². The first kappa shape index (κ1) is 18.1. The van der Waals surface area contributed by atoms with Crippen LogP contribution in [0.5, 0.6) is 6.01 Å². The van der Waals surface area contributed by atoms with Crippen LogP contribution in [-0.4, -0.2) is 20.9 Å². The number of thiazole rings is 1.